The van der Waals surface area contributed by atoms with Crippen molar-refractivity contribution < 1.29 is 0 Å². The smallest absolute Gasteiger partial charge is 0.110 e. The summed E-state index contributed by atoms with van der Waals surface area (Å²) in [6.07, 6.45) is 2.98. The lowest BCUT2D eigenvalue weighted by Gasteiger charge is -2.19. The Bertz CT molecular complexity index is 557. The van der Waals surface area contributed by atoms with Crippen LogP contribution in [0.1, 0.15) is 30.5 Å². The van der Waals surface area contributed by atoms with Crippen molar-refractivity contribution in [2.45, 2.75) is 31.3 Å². The molecule has 0 fully saturated rings. The van der Waals surface area contributed by atoms with Crippen molar-refractivity contribution in [2.75, 3.05) is 12.3 Å². The molecule has 0 bridgehead atoms. The maximum absolute atomic E-state index is 4.43. The van der Waals surface area contributed by atoms with E-state index in [0.29, 0.717) is 6.04 Å². The molecule has 1 aromatic carbocycles. The van der Waals surface area contributed by atoms with E-state index >= 15 is 0 Å². The number of nitrogens with zero attached hydrogens (tertiary/aromatic N) is 1. The second-order valence-electron chi connectivity index (χ2n) is 5.02. The van der Waals surface area contributed by atoms with Crippen molar-refractivity contribution in [3.05, 3.63) is 58.2 Å². The predicted molar refractivity (Wildman–Crippen MR) is 94.9 cm³/mol. The number of aromatic nitrogens is 1. The molecule has 1 unspecified atom stereocenters. The molecule has 1 atom stereocenters. The second-order valence-corrected chi connectivity index (χ2v) is 6.88. The minimum Gasteiger partial charge on any atom is -0.309 e. The Kier molecular flexibility index (Phi) is 6.74. The highest BCUT2D eigenvalue weighted by Gasteiger charge is 2.12. The first-order chi connectivity index (χ1) is 10.2. The topological polar surface area (TPSA) is 24.9 Å². The van der Waals surface area contributed by atoms with Gasteiger partial charge in [0.05, 0.1) is 0 Å². The molecular weight excluding hydrogens is 344 g/mol. The lowest BCUT2D eigenvalue weighted by atomic mass is 10.1. The van der Waals surface area contributed by atoms with Gasteiger partial charge in [0.25, 0.3) is 0 Å². The van der Waals surface area contributed by atoms with Gasteiger partial charge in [-0.2, -0.15) is 0 Å². The maximum Gasteiger partial charge on any atom is 0.110 e. The molecule has 0 amide bonds. The van der Waals surface area contributed by atoms with Gasteiger partial charge in [0.15, 0.2) is 0 Å². The van der Waals surface area contributed by atoms with Gasteiger partial charge in [0, 0.05) is 22.5 Å². The summed E-state index contributed by atoms with van der Waals surface area (Å²) in [5.41, 5.74) is 2.64. The molecule has 0 spiro atoms. The molecule has 0 radical (unpaired) electrons. The molecule has 2 aromatic rings. The number of rotatable bonds is 7. The van der Waals surface area contributed by atoms with E-state index in [1.165, 1.54) is 11.1 Å². The van der Waals surface area contributed by atoms with Crippen LogP contribution in [0.3, 0.4) is 0 Å². The zero-order chi connectivity index (χ0) is 15.1. The van der Waals surface area contributed by atoms with E-state index in [4.69, 9.17) is 0 Å². The molecule has 1 heterocycles. The Hall–Kier alpha value is -0.840. The second kappa shape index (κ2) is 8.57. The van der Waals surface area contributed by atoms with Crippen LogP contribution in [0.5, 0.6) is 0 Å². The van der Waals surface area contributed by atoms with Gasteiger partial charge in [0.1, 0.15) is 5.03 Å². The Balaban J connectivity index is 2.06. The monoisotopic (exact) mass is 364 g/mol. The van der Waals surface area contributed by atoms with Crippen LogP contribution in [0.4, 0.5) is 0 Å². The lowest BCUT2D eigenvalue weighted by molar-refractivity contribution is 0.577. The summed E-state index contributed by atoms with van der Waals surface area (Å²) in [5, 5.41) is 4.68. The third kappa shape index (κ3) is 5.13. The summed E-state index contributed by atoms with van der Waals surface area (Å²) in [6, 6.07) is 13.1. The highest BCUT2D eigenvalue weighted by Crippen LogP contribution is 2.28. The average molecular weight is 365 g/mol. The fourth-order valence-corrected chi connectivity index (χ4v) is 3.60. The van der Waals surface area contributed by atoms with Gasteiger partial charge in [-0.05, 0) is 53.5 Å². The summed E-state index contributed by atoms with van der Waals surface area (Å²) in [4.78, 5) is 4.43. The molecule has 0 aliphatic carbocycles. The van der Waals surface area contributed by atoms with Crippen LogP contribution >= 0.6 is 27.7 Å². The van der Waals surface area contributed by atoms with Crippen LogP contribution in [0.25, 0.3) is 0 Å². The number of hydrogen-bond donors (Lipinski definition) is 1. The SMILES string of the molecule is CCCNC(CSc1ncccc1Br)c1ccc(C)cc1. The minimum atomic E-state index is 0.351. The van der Waals surface area contributed by atoms with Crippen molar-refractivity contribution in [1.29, 1.82) is 0 Å². The minimum absolute atomic E-state index is 0.351. The summed E-state index contributed by atoms with van der Waals surface area (Å²) < 4.78 is 1.06. The van der Waals surface area contributed by atoms with E-state index in [9.17, 15) is 0 Å². The first kappa shape index (κ1) is 16.5. The van der Waals surface area contributed by atoms with Gasteiger partial charge in [-0.3, -0.25) is 0 Å². The first-order valence-electron chi connectivity index (χ1n) is 7.24. The number of benzene rings is 1. The number of halogens is 1. The normalized spacial score (nSPS) is 12.3. The molecule has 0 aliphatic rings. The number of hydrogen-bond acceptors (Lipinski definition) is 3. The van der Waals surface area contributed by atoms with Crippen LogP contribution in [0.2, 0.25) is 0 Å². The maximum atomic E-state index is 4.43. The summed E-state index contributed by atoms with van der Waals surface area (Å²) in [5.74, 6) is 0.971. The fourth-order valence-electron chi connectivity index (χ4n) is 2.03. The van der Waals surface area contributed by atoms with E-state index in [2.05, 4.69) is 64.3 Å². The van der Waals surface area contributed by atoms with Gasteiger partial charge in [-0.1, -0.05) is 36.8 Å². The zero-order valence-electron chi connectivity index (χ0n) is 12.5. The van der Waals surface area contributed by atoms with Gasteiger partial charge in [0.2, 0.25) is 0 Å². The molecule has 112 valence electrons. The molecule has 2 rings (SSSR count). The van der Waals surface area contributed by atoms with Crippen LogP contribution in [0, 0.1) is 6.92 Å². The van der Waals surface area contributed by atoms with Crippen LogP contribution in [-0.2, 0) is 0 Å². The number of pyridine rings is 1. The third-order valence-electron chi connectivity index (χ3n) is 3.23. The molecule has 21 heavy (non-hydrogen) atoms. The molecule has 0 saturated carbocycles. The van der Waals surface area contributed by atoms with Crippen molar-refractivity contribution in [3.8, 4) is 0 Å². The molecular formula is C17H21BrN2S. The van der Waals surface area contributed by atoms with Crippen LogP contribution < -0.4 is 5.32 Å². The number of aryl methyl sites for hydroxylation is 1. The largest absolute Gasteiger partial charge is 0.309 e. The van der Waals surface area contributed by atoms with Gasteiger partial charge in [-0.15, -0.1) is 11.8 Å². The number of nitrogens with one attached hydrogen (secondary N) is 1. The fraction of sp³-hybridized carbons (Fsp3) is 0.353. The molecule has 1 aromatic heterocycles. The quantitative estimate of drug-likeness (QED) is 0.700. The van der Waals surface area contributed by atoms with Gasteiger partial charge >= 0.3 is 0 Å². The van der Waals surface area contributed by atoms with Gasteiger partial charge < -0.3 is 5.32 Å². The summed E-state index contributed by atoms with van der Waals surface area (Å²) >= 11 is 5.35. The average Bonchev–Trinajstić information content (AvgIpc) is 2.50. The molecule has 1 N–H and O–H groups in total. The molecule has 4 heteroatoms. The van der Waals surface area contributed by atoms with E-state index < -0.39 is 0 Å². The lowest BCUT2D eigenvalue weighted by Crippen LogP contribution is -2.24. The van der Waals surface area contributed by atoms with Crippen LogP contribution in [-0.4, -0.2) is 17.3 Å². The van der Waals surface area contributed by atoms with E-state index in [0.717, 1.165) is 28.2 Å². The number of thioether (sulfide) groups is 1. The van der Waals surface area contributed by atoms with E-state index in [1.54, 1.807) is 11.8 Å². The summed E-state index contributed by atoms with van der Waals surface area (Å²) in [6.45, 7) is 5.35. The first-order valence-corrected chi connectivity index (χ1v) is 9.02. The third-order valence-corrected chi connectivity index (χ3v) is 5.23. The molecule has 0 aliphatic heterocycles. The van der Waals surface area contributed by atoms with E-state index in [1.807, 2.05) is 18.3 Å². The van der Waals surface area contributed by atoms with Crippen molar-refractivity contribution in [2.24, 2.45) is 0 Å². The molecule has 0 saturated heterocycles. The van der Waals surface area contributed by atoms with Crippen molar-refractivity contribution in [3.63, 3.8) is 0 Å². The Morgan fingerprint density at radius 3 is 2.67 bits per heavy atom. The highest BCUT2D eigenvalue weighted by atomic mass is 79.9. The Morgan fingerprint density at radius 1 is 1.24 bits per heavy atom. The molecule has 2 nitrogen and oxygen atoms in total. The Labute approximate surface area is 139 Å². The van der Waals surface area contributed by atoms with Gasteiger partial charge in [-0.25, -0.2) is 4.98 Å². The van der Waals surface area contributed by atoms with E-state index in [-0.39, 0.29) is 0 Å². The van der Waals surface area contributed by atoms with Crippen molar-refractivity contribution in [1.82, 2.24) is 10.3 Å². The Morgan fingerprint density at radius 2 is 2.00 bits per heavy atom. The summed E-state index contributed by atoms with van der Waals surface area (Å²) in [7, 11) is 0. The zero-order valence-corrected chi connectivity index (χ0v) is 14.9. The highest BCUT2D eigenvalue weighted by molar-refractivity contribution is 9.10. The van der Waals surface area contributed by atoms with Crippen molar-refractivity contribution >= 4 is 27.7 Å². The predicted octanol–water partition coefficient (Wildman–Crippen LogP) is 4.99. The standard InChI is InChI=1S/C17H21BrN2S/c1-3-10-19-16(14-8-6-13(2)7-9-14)12-21-17-15(18)5-4-11-20-17/h4-9,11,16,19H,3,10,12H2,1-2H3. The van der Waals surface area contributed by atoms with Crippen LogP contribution in [0.15, 0.2) is 52.1 Å².